The van der Waals surface area contributed by atoms with Crippen molar-refractivity contribution in [3.63, 3.8) is 0 Å². The molecule has 1 unspecified atom stereocenters. The van der Waals surface area contributed by atoms with Crippen molar-refractivity contribution < 1.29 is 23.3 Å². The molecule has 3 heterocycles. The largest absolute Gasteiger partial charge is 0.492 e. The second-order valence-corrected chi connectivity index (χ2v) is 20.4. The van der Waals surface area contributed by atoms with Gasteiger partial charge >= 0.3 is 0 Å². The molecule has 2 aromatic heterocycles. The minimum Gasteiger partial charge on any atom is -0.492 e. The summed E-state index contributed by atoms with van der Waals surface area (Å²) in [5, 5.41) is 10.2. The van der Waals surface area contributed by atoms with E-state index >= 15 is 0 Å². The molecule has 39 heavy (non-hydrogen) atoms. The highest BCUT2D eigenvalue weighted by atomic mass is 32.4. The summed E-state index contributed by atoms with van der Waals surface area (Å²) in [6.07, 6.45) is 5.08. The minimum absolute atomic E-state index is 0.0598. The Labute approximate surface area is 244 Å². The minimum atomic E-state index is -2.05. The molecule has 7 atom stereocenters. The van der Waals surface area contributed by atoms with E-state index in [2.05, 4.69) is 69.2 Å². The van der Waals surface area contributed by atoms with Gasteiger partial charge in [0, 0.05) is 11.2 Å². The lowest BCUT2D eigenvalue weighted by molar-refractivity contribution is -0.0371. The van der Waals surface area contributed by atoms with Gasteiger partial charge in [-0.2, -0.15) is 17.6 Å². The maximum Gasteiger partial charge on any atom is 0.242 e. The monoisotopic (exact) mass is 614 g/mol. The van der Waals surface area contributed by atoms with Crippen LogP contribution in [-0.2, 0) is 30.0 Å². The fourth-order valence-corrected chi connectivity index (χ4v) is 8.11. The highest BCUT2D eigenvalue weighted by Gasteiger charge is 2.44. The molecule has 2 aliphatic rings. The molecule has 13 heteroatoms. The quantitative estimate of drug-likeness (QED) is 0.148. The molecule has 1 saturated carbocycles. The molecule has 0 amide bonds. The highest BCUT2D eigenvalue weighted by Crippen LogP contribution is 2.47. The van der Waals surface area contributed by atoms with Crippen molar-refractivity contribution in [3.05, 3.63) is 24.8 Å². The number of ether oxygens (including phenoxy) is 1. The molecule has 0 radical (unpaired) electrons. The Balaban J connectivity index is 1.51. The van der Waals surface area contributed by atoms with E-state index in [0.717, 1.165) is 19.3 Å². The first kappa shape index (κ1) is 31.1. The van der Waals surface area contributed by atoms with Crippen molar-refractivity contribution >= 4 is 51.1 Å². The molecular formula is C26H43N4O5PS2Si. The number of imidazole rings is 1. The first-order valence-corrected chi connectivity index (χ1v) is 19.3. The Kier molecular flexibility index (Phi) is 9.40. The van der Waals surface area contributed by atoms with Gasteiger partial charge in [-0.25, -0.2) is 9.97 Å². The Hall–Kier alpha value is -0.853. The molecule has 4 rings (SSSR count). The van der Waals surface area contributed by atoms with E-state index in [-0.39, 0.29) is 34.0 Å². The predicted octanol–water partition coefficient (Wildman–Crippen LogP) is 6.18. The van der Waals surface area contributed by atoms with Crippen LogP contribution in [0, 0.1) is 5.92 Å². The predicted molar refractivity (Wildman–Crippen MR) is 164 cm³/mol. The number of rotatable bonds is 9. The average Bonchev–Trinajstić information content (AvgIpc) is 3.43. The normalized spacial score (nSPS) is 31.0. The number of aromatic hydroxyl groups is 1. The van der Waals surface area contributed by atoms with Crippen LogP contribution in [0.15, 0.2) is 24.8 Å². The van der Waals surface area contributed by atoms with Crippen molar-refractivity contribution in [2.45, 2.75) is 108 Å². The van der Waals surface area contributed by atoms with Gasteiger partial charge in [-0.3, -0.25) is 4.57 Å². The van der Waals surface area contributed by atoms with Gasteiger partial charge in [0.1, 0.15) is 18.7 Å². The summed E-state index contributed by atoms with van der Waals surface area (Å²) < 4.78 is 27.5. The zero-order valence-electron chi connectivity index (χ0n) is 24.0. The molecule has 1 saturated heterocycles. The first-order valence-electron chi connectivity index (χ1n) is 13.5. The summed E-state index contributed by atoms with van der Waals surface area (Å²) in [6, 6.07) is 0. The molecule has 1 N–H and O–H groups in total. The van der Waals surface area contributed by atoms with Crippen LogP contribution in [0.2, 0.25) is 18.1 Å². The van der Waals surface area contributed by atoms with Gasteiger partial charge in [-0.15, -0.1) is 0 Å². The van der Waals surface area contributed by atoms with Gasteiger partial charge < -0.3 is 23.3 Å². The lowest BCUT2D eigenvalue weighted by atomic mass is 9.77. The van der Waals surface area contributed by atoms with E-state index in [1.165, 1.54) is 11.9 Å². The van der Waals surface area contributed by atoms with Gasteiger partial charge in [0.15, 0.2) is 26.6 Å². The Bertz CT molecular complexity index is 1220. The summed E-state index contributed by atoms with van der Waals surface area (Å²) in [4.78, 5) is 12.4. The Morgan fingerprint density at radius 1 is 1.31 bits per heavy atom. The van der Waals surface area contributed by atoms with E-state index in [0.29, 0.717) is 30.1 Å². The molecule has 0 bridgehead atoms. The van der Waals surface area contributed by atoms with E-state index in [1.54, 1.807) is 10.9 Å². The smallest absolute Gasteiger partial charge is 0.242 e. The van der Waals surface area contributed by atoms with E-state index in [9.17, 15) is 5.11 Å². The third-order valence-corrected chi connectivity index (χ3v) is 15.2. The second-order valence-electron chi connectivity index (χ2n) is 12.6. The number of hydrogen-bond acceptors (Lipinski definition) is 10. The van der Waals surface area contributed by atoms with E-state index in [4.69, 9.17) is 42.6 Å². The van der Waals surface area contributed by atoms with Crippen LogP contribution in [-0.4, -0.2) is 62.6 Å². The highest BCUT2D eigenvalue weighted by molar-refractivity contribution is 8.00. The standard InChI is InChI=1S/C26H43N4O5PS2Si/c1-16(2)17-9-10-26(6,37)20(11-17)35-36(38)34-18-12-21(30-15-29-22-23(30)27-14-28-24(22)31)33-19(18)13-32-39(7,8)25(3,4)5/h14-15,17-21,36-37H,1,9-13H2,2-8H3,(H,27,28,31)/t17-,18+,19-,20+,21-,26+/m1/s1. The molecule has 1 aliphatic heterocycles. The third-order valence-electron chi connectivity index (χ3n) is 8.62. The van der Waals surface area contributed by atoms with Crippen LogP contribution in [0.1, 0.15) is 66.5 Å². The van der Waals surface area contributed by atoms with Crippen molar-refractivity contribution in [2.75, 3.05) is 6.61 Å². The molecule has 9 nitrogen and oxygen atoms in total. The van der Waals surface area contributed by atoms with Crippen LogP contribution >= 0.6 is 19.8 Å². The molecule has 0 aromatic carbocycles. The molecule has 2 aromatic rings. The number of aromatic nitrogens is 4. The van der Waals surface area contributed by atoms with Crippen LogP contribution in [0.5, 0.6) is 5.88 Å². The van der Waals surface area contributed by atoms with Gasteiger partial charge in [0.05, 0.1) is 25.1 Å². The van der Waals surface area contributed by atoms with Crippen molar-refractivity contribution in [2.24, 2.45) is 5.92 Å². The van der Waals surface area contributed by atoms with Crippen LogP contribution < -0.4 is 0 Å². The Morgan fingerprint density at radius 2 is 2.03 bits per heavy atom. The topological polar surface area (TPSA) is 101 Å². The zero-order valence-corrected chi connectivity index (χ0v) is 27.7. The second kappa shape index (κ2) is 11.8. The number of allylic oxidation sites excluding steroid dienone is 1. The van der Waals surface area contributed by atoms with Gasteiger partial charge in [-0.1, -0.05) is 32.9 Å². The van der Waals surface area contributed by atoms with Crippen LogP contribution in [0.3, 0.4) is 0 Å². The fraction of sp³-hybridized carbons (Fsp3) is 0.731. The molecule has 1 aliphatic carbocycles. The summed E-state index contributed by atoms with van der Waals surface area (Å²) in [5.41, 5.74) is 1.99. The van der Waals surface area contributed by atoms with Crippen LogP contribution in [0.25, 0.3) is 11.2 Å². The number of thiol groups is 1. The van der Waals surface area contributed by atoms with Crippen molar-refractivity contribution in [1.82, 2.24) is 19.5 Å². The Morgan fingerprint density at radius 3 is 2.69 bits per heavy atom. The molecule has 2 fully saturated rings. The fourth-order valence-electron chi connectivity index (χ4n) is 4.85. The van der Waals surface area contributed by atoms with E-state index < -0.39 is 21.7 Å². The number of nitrogens with zero attached hydrogens (tertiary/aromatic N) is 4. The maximum atomic E-state index is 10.1. The van der Waals surface area contributed by atoms with Crippen molar-refractivity contribution in [1.29, 1.82) is 0 Å². The van der Waals surface area contributed by atoms with Gasteiger partial charge in [0.25, 0.3) is 0 Å². The zero-order chi connectivity index (χ0) is 28.8. The summed E-state index contributed by atoms with van der Waals surface area (Å²) in [6.45, 7) is 19.8. The maximum absolute atomic E-state index is 10.1. The number of hydrogen-bond donors (Lipinski definition) is 2. The lowest BCUT2D eigenvalue weighted by Crippen LogP contribution is -2.44. The third kappa shape index (κ3) is 6.97. The molecule has 0 spiro atoms. The summed E-state index contributed by atoms with van der Waals surface area (Å²) in [7, 11) is -4.08. The van der Waals surface area contributed by atoms with Crippen LogP contribution in [0.4, 0.5) is 0 Å². The van der Waals surface area contributed by atoms with E-state index in [1.807, 2.05) is 0 Å². The molecular weight excluding hydrogens is 572 g/mol. The number of fused-ring (bicyclic) bond motifs is 1. The lowest BCUT2D eigenvalue weighted by Gasteiger charge is -2.41. The molecule has 218 valence electrons. The summed E-state index contributed by atoms with van der Waals surface area (Å²) in [5.74, 6) is 0.236. The average molecular weight is 615 g/mol. The first-order chi connectivity index (χ1) is 18.1. The summed E-state index contributed by atoms with van der Waals surface area (Å²) >= 11 is 10.7. The van der Waals surface area contributed by atoms with Crippen molar-refractivity contribution in [3.8, 4) is 5.88 Å². The van der Waals surface area contributed by atoms with Gasteiger partial charge in [-0.05, 0) is 69.0 Å². The SMILES string of the molecule is C=C(C)[C@@H]1CC[C@](C)(S)[C@@H](O[PH](=S)O[C@H]2C[C@H](n3cnc4c(O)ncnc43)O[C@@H]2CO[Si](C)(C)C(C)(C)C)C1. The van der Waals surface area contributed by atoms with Gasteiger partial charge in [0.2, 0.25) is 5.88 Å².